The molecule has 1 aliphatic rings. The highest BCUT2D eigenvalue weighted by molar-refractivity contribution is 7.20. The molecule has 0 spiro atoms. The van der Waals surface area contributed by atoms with Crippen molar-refractivity contribution in [3.05, 3.63) is 28.6 Å². The Morgan fingerprint density at radius 2 is 2.03 bits per heavy atom. The van der Waals surface area contributed by atoms with Crippen LogP contribution in [0.15, 0.2) is 22.9 Å². The van der Waals surface area contributed by atoms with E-state index in [1.165, 1.54) is 11.3 Å². The Morgan fingerprint density at radius 3 is 2.69 bits per heavy atom. The van der Waals surface area contributed by atoms with Gasteiger partial charge in [-0.25, -0.2) is 4.98 Å². The molecule has 1 unspecified atom stereocenters. The summed E-state index contributed by atoms with van der Waals surface area (Å²) in [6, 6.07) is 3.94. The summed E-state index contributed by atoms with van der Waals surface area (Å²) in [6.45, 7) is 4.64. The third kappa shape index (κ3) is 5.63. The van der Waals surface area contributed by atoms with Crippen molar-refractivity contribution in [2.45, 2.75) is 39.2 Å². The molecule has 1 aliphatic heterocycles. The molecule has 0 N–H and O–H groups in total. The second kappa shape index (κ2) is 9.98. The van der Waals surface area contributed by atoms with Crippen molar-refractivity contribution >= 4 is 40.5 Å². The van der Waals surface area contributed by atoms with E-state index in [-0.39, 0.29) is 24.2 Å². The number of likely N-dealkylation sites (tertiary alicyclic amines) is 1. The number of nitrogens with zero attached hydrogens (tertiary/aromatic N) is 2. The molecule has 0 aliphatic carbocycles. The van der Waals surface area contributed by atoms with Gasteiger partial charge < -0.3 is 14.4 Å². The molecule has 2 aromatic heterocycles. The smallest absolute Gasteiger partial charge is 0.312 e. The first-order valence-corrected chi connectivity index (χ1v) is 11.4. The molecule has 2 aromatic rings. The van der Waals surface area contributed by atoms with Crippen LogP contribution >= 0.6 is 22.7 Å². The lowest BCUT2D eigenvalue weighted by Crippen LogP contribution is -2.45. The van der Waals surface area contributed by atoms with E-state index in [4.69, 9.17) is 9.47 Å². The number of hydrogen-bond acceptors (Lipinski definition) is 8. The Labute approximate surface area is 177 Å². The molecule has 29 heavy (non-hydrogen) atoms. The predicted octanol–water partition coefficient (Wildman–Crippen LogP) is 3.15. The van der Waals surface area contributed by atoms with E-state index in [0.29, 0.717) is 38.2 Å². The largest absolute Gasteiger partial charge is 0.466 e. The fourth-order valence-electron chi connectivity index (χ4n) is 3.19. The second-order valence-corrected chi connectivity index (χ2v) is 8.59. The minimum Gasteiger partial charge on any atom is -0.466 e. The highest BCUT2D eigenvalue weighted by Crippen LogP contribution is 2.28. The molecular formula is C20H24N2O5S2. The highest BCUT2D eigenvalue weighted by Gasteiger charge is 2.31. The fraction of sp³-hybridized carbons (Fsp3) is 0.500. The van der Waals surface area contributed by atoms with Gasteiger partial charge in [-0.1, -0.05) is 6.07 Å². The molecule has 3 heterocycles. The van der Waals surface area contributed by atoms with E-state index >= 15 is 0 Å². The summed E-state index contributed by atoms with van der Waals surface area (Å²) in [5.74, 6) is -1.09. The number of thiazole rings is 1. The van der Waals surface area contributed by atoms with Crippen LogP contribution in [-0.2, 0) is 30.3 Å². The summed E-state index contributed by atoms with van der Waals surface area (Å²) >= 11 is 3.08. The van der Waals surface area contributed by atoms with Crippen molar-refractivity contribution in [1.29, 1.82) is 0 Å². The van der Waals surface area contributed by atoms with Gasteiger partial charge in [0.1, 0.15) is 5.01 Å². The minimum absolute atomic E-state index is 0.0322. The molecule has 0 radical (unpaired) electrons. The molecule has 1 amide bonds. The van der Waals surface area contributed by atoms with Gasteiger partial charge in [-0.2, -0.15) is 0 Å². The summed E-state index contributed by atoms with van der Waals surface area (Å²) in [5, 5.41) is 4.69. The van der Waals surface area contributed by atoms with Crippen molar-refractivity contribution in [1.82, 2.24) is 9.88 Å². The lowest BCUT2D eigenvalue weighted by Gasteiger charge is -2.32. The maximum absolute atomic E-state index is 12.6. The average Bonchev–Trinajstić information content (AvgIpc) is 3.39. The maximum atomic E-state index is 12.6. The molecule has 1 saturated heterocycles. The Bertz CT molecular complexity index is 841. The van der Waals surface area contributed by atoms with Crippen LogP contribution in [0, 0.1) is 5.92 Å². The molecular weight excluding hydrogens is 412 g/mol. The van der Waals surface area contributed by atoms with Crippen LogP contribution in [0.1, 0.15) is 32.4 Å². The molecule has 0 aromatic carbocycles. The molecule has 0 bridgehead atoms. The summed E-state index contributed by atoms with van der Waals surface area (Å²) < 4.78 is 10.4. The van der Waals surface area contributed by atoms with Crippen molar-refractivity contribution in [3.63, 3.8) is 0 Å². The summed E-state index contributed by atoms with van der Waals surface area (Å²) in [5.41, 5.74) is 0.637. The van der Waals surface area contributed by atoms with Gasteiger partial charge >= 0.3 is 11.9 Å². The van der Waals surface area contributed by atoms with Crippen molar-refractivity contribution in [3.8, 4) is 9.88 Å². The van der Waals surface area contributed by atoms with Crippen LogP contribution in [0.4, 0.5) is 0 Å². The van der Waals surface area contributed by atoms with Crippen LogP contribution < -0.4 is 0 Å². The molecule has 7 nitrogen and oxygen atoms in total. The van der Waals surface area contributed by atoms with Crippen LogP contribution in [0.5, 0.6) is 0 Å². The molecule has 3 rings (SSSR count). The van der Waals surface area contributed by atoms with Gasteiger partial charge in [0.15, 0.2) is 6.10 Å². The number of amides is 1. The van der Waals surface area contributed by atoms with E-state index in [2.05, 4.69) is 4.98 Å². The summed E-state index contributed by atoms with van der Waals surface area (Å²) in [7, 11) is 0. The van der Waals surface area contributed by atoms with Crippen LogP contribution in [0.3, 0.4) is 0 Å². The van der Waals surface area contributed by atoms with Gasteiger partial charge in [0.25, 0.3) is 5.91 Å². The van der Waals surface area contributed by atoms with Crippen molar-refractivity contribution < 1.29 is 23.9 Å². The van der Waals surface area contributed by atoms with Gasteiger partial charge in [-0.15, -0.1) is 22.7 Å². The Hall–Kier alpha value is -2.26. The minimum atomic E-state index is -0.864. The zero-order chi connectivity index (χ0) is 20.8. The van der Waals surface area contributed by atoms with Crippen molar-refractivity contribution in [2.75, 3.05) is 19.7 Å². The summed E-state index contributed by atoms with van der Waals surface area (Å²) in [4.78, 5) is 43.8. The topological polar surface area (TPSA) is 85.8 Å². The van der Waals surface area contributed by atoms with Crippen molar-refractivity contribution in [2.24, 2.45) is 5.92 Å². The number of ether oxygens (including phenoxy) is 2. The lowest BCUT2D eigenvalue weighted by molar-refractivity contribution is -0.160. The van der Waals surface area contributed by atoms with E-state index in [1.807, 2.05) is 22.9 Å². The molecule has 0 saturated carbocycles. The fourth-order valence-corrected chi connectivity index (χ4v) is 4.83. The molecule has 1 fully saturated rings. The number of hydrogen-bond donors (Lipinski definition) is 0. The van der Waals surface area contributed by atoms with Gasteiger partial charge in [0, 0.05) is 18.5 Å². The predicted molar refractivity (Wildman–Crippen MR) is 111 cm³/mol. The summed E-state index contributed by atoms with van der Waals surface area (Å²) in [6.07, 6.45) is 0.298. The van der Waals surface area contributed by atoms with E-state index in [0.717, 1.165) is 9.88 Å². The van der Waals surface area contributed by atoms with Gasteiger partial charge in [0.05, 0.1) is 29.5 Å². The monoisotopic (exact) mass is 436 g/mol. The number of rotatable bonds is 7. The first kappa shape index (κ1) is 21.4. The van der Waals surface area contributed by atoms with Crippen LogP contribution in [-0.4, -0.2) is 53.5 Å². The Kier molecular flexibility index (Phi) is 7.38. The molecule has 156 valence electrons. The maximum Gasteiger partial charge on any atom is 0.312 e. The number of thiophene rings is 1. The number of piperidine rings is 1. The second-order valence-electron chi connectivity index (χ2n) is 6.78. The lowest BCUT2D eigenvalue weighted by atomic mass is 9.97. The number of carbonyl (C=O) groups is 3. The number of esters is 2. The van der Waals surface area contributed by atoms with E-state index in [1.54, 1.807) is 30.1 Å². The van der Waals surface area contributed by atoms with E-state index in [9.17, 15) is 14.4 Å². The average molecular weight is 437 g/mol. The van der Waals surface area contributed by atoms with Crippen LogP contribution in [0.25, 0.3) is 9.88 Å². The first-order chi connectivity index (χ1) is 14.0. The normalized spacial score (nSPS) is 15.7. The zero-order valence-electron chi connectivity index (χ0n) is 16.5. The van der Waals surface area contributed by atoms with Gasteiger partial charge in [0.2, 0.25) is 0 Å². The van der Waals surface area contributed by atoms with E-state index < -0.39 is 12.1 Å². The SMILES string of the molecule is CCOC(=O)C1CCN(C(=O)C(C)OC(=O)Cc2csc(-c3cccs3)n2)CC1. The Balaban J connectivity index is 1.46. The number of carbonyl (C=O) groups excluding carboxylic acids is 3. The molecule has 1 atom stereocenters. The quantitative estimate of drug-likeness (QED) is 0.620. The third-order valence-corrected chi connectivity index (χ3v) is 6.62. The Morgan fingerprint density at radius 1 is 1.28 bits per heavy atom. The van der Waals surface area contributed by atoms with Gasteiger partial charge in [-0.3, -0.25) is 14.4 Å². The first-order valence-electron chi connectivity index (χ1n) is 9.61. The standard InChI is InChI=1S/C20H24N2O5S2/c1-3-26-20(25)14-6-8-22(9-7-14)19(24)13(2)27-17(23)11-15-12-29-18(21-15)16-5-4-10-28-16/h4-5,10,12-14H,3,6-9,11H2,1-2H3. The van der Waals surface area contributed by atoms with Gasteiger partial charge in [-0.05, 0) is 38.1 Å². The number of aromatic nitrogens is 1. The molecule has 9 heteroatoms. The highest BCUT2D eigenvalue weighted by atomic mass is 32.1. The third-order valence-electron chi connectivity index (χ3n) is 4.69. The zero-order valence-corrected chi connectivity index (χ0v) is 18.1. The van der Waals surface area contributed by atoms with Crippen LogP contribution in [0.2, 0.25) is 0 Å².